The van der Waals surface area contributed by atoms with Gasteiger partial charge in [0.15, 0.2) is 0 Å². The fourth-order valence-electron chi connectivity index (χ4n) is 3.02. The molecule has 0 amide bonds. The Kier molecular flexibility index (Phi) is 2.90. The molecule has 0 aliphatic carbocycles. The largest absolute Gasteiger partial charge is 0.367 e. The summed E-state index contributed by atoms with van der Waals surface area (Å²) in [5.41, 5.74) is 1.38. The molecule has 16 heavy (non-hydrogen) atoms. The van der Waals surface area contributed by atoms with E-state index in [0.29, 0.717) is 0 Å². The third kappa shape index (κ3) is 1.87. The molecule has 0 bridgehead atoms. The van der Waals surface area contributed by atoms with Crippen molar-refractivity contribution in [2.24, 2.45) is 0 Å². The van der Waals surface area contributed by atoms with Crippen LogP contribution in [0, 0.1) is 0 Å². The summed E-state index contributed by atoms with van der Waals surface area (Å²) in [4.78, 5) is 2.58. The van der Waals surface area contributed by atoms with Crippen LogP contribution in [0.1, 0.15) is 19.3 Å². The Morgan fingerprint density at radius 1 is 1.19 bits per heavy atom. The van der Waals surface area contributed by atoms with Crippen LogP contribution < -0.4 is 10.2 Å². The number of benzene rings is 1. The number of halogens is 1. The number of rotatable bonds is 1. The molecule has 2 aliphatic rings. The minimum Gasteiger partial charge on any atom is -0.367 e. The highest BCUT2D eigenvalue weighted by Crippen LogP contribution is 2.30. The van der Waals surface area contributed by atoms with Gasteiger partial charge in [-0.3, -0.25) is 0 Å². The van der Waals surface area contributed by atoms with E-state index in [-0.39, 0.29) is 0 Å². The first-order valence-electron chi connectivity index (χ1n) is 6.10. The Hall–Kier alpha value is -0.540. The van der Waals surface area contributed by atoms with E-state index < -0.39 is 0 Å². The van der Waals surface area contributed by atoms with Gasteiger partial charge < -0.3 is 10.2 Å². The molecule has 2 aliphatic heterocycles. The van der Waals surface area contributed by atoms with Gasteiger partial charge >= 0.3 is 0 Å². The zero-order valence-electron chi connectivity index (χ0n) is 9.32. The number of nitrogens with one attached hydrogen (secondary N) is 1. The lowest BCUT2D eigenvalue weighted by Crippen LogP contribution is -2.48. The average Bonchev–Trinajstić information content (AvgIpc) is 2.78. The molecular formula is C13H17BrN2. The van der Waals surface area contributed by atoms with Gasteiger partial charge in [0.1, 0.15) is 0 Å². The summed E-state index contributed by atoms with van der Waals surface area (Å²) in [6.45, 7) is 2.40. The average molecular weight is 281 g/mol. The molecule has 0 aromatic heterocycles. The number of piperidine rings is 1. The Labute approximate surface area is 105 Å². The molecule has 2 nitrogen and oxygen atoms in total. The van der Waals surface area contributed by atoms with Crippen molar-refractivity contribution in [3.05, 3.63) is 28.7 Å². The lowest BCUT2D eigenvalue weighted by Gasteiger charge is -2.39. The zero-order chi connectivity index (χ0) is 11.0. The van der Waals surface area contributed by atoms with Crippen LogP contribution in [0.5, 0.6) is 0 Å². The zero-order valence-corrected chi connectivity index (χ0v) is 10.9. The summed E-state index contributed by atoms with van der Waals surface area (Å²) in [5, 5.41) is 3.62. The molecule has 0 saturated carbocycles. The number of nitrogens with zero attached hydrogens (tertiary/aromatic N) is 1. The molecule has 86 valence electrons. The van der Waals surface area contributed by atoms with Crippen LogP contribution in [-0.2, 0) is 0 Å². The smallest absolute Gasteiger partial charge is 0.0455 e. The van der Waals surface area contributed by atoms with Gasteiger partial charge in [-0.25, -0.2) is 0 Å². The van der Waals surface area contributed by atoms with Gasteiger partial charge in [-0.2, -0.15) is 0 Å². The fourth-order valence-corrected chi connectivity index (χ4v) is 3.29. The van der Waals surface area contributed by atoms with Crippen molar-refractivity contribution in [3.63, 3.8) is 0 Å². The van der Waals surface area contributed by atoms with E-state index in [1.807, 2.05) is 0 Å². The predicted molar refractivity (Wildman–Crippen MR) is 70.9 cm³/mol. The van der Waals surface area contributed by atoms with Gasteiger partial charge in [0, 0.05) is 28.8 Å². The maximum Gasteiger partial charge on any atom is 0.0455 e. The molecule has 2 fully saturated rings. The molecule has 2 atom stereocenters. The Morgan fingerprint density at radius 3 is 2.81 bits per heavy atom. The topological polar surface area (TPSA) is 15.3 Å². The van der Waals surface area contributed by atoms with Crippen LogP contribution in [-0.4, -0.2) is 25.2 Å². The molecule has 2 unspecified atom stereocenters. The molecule has 1 N–H and O–H groups in total. The van der Waals surface area contributed by atoms with Crippen LogP contribution >= 0.6 is 15.9 Å². The summed E-state index contributed by atoms with van der Waals surface area (Å²) >= 11 is 3.49. The summed E-state index contributed by atoms with van der Waals surface area (Å²) in [5.74, 6) is 0. The van der Waals surface area contributed by atoms with E-state index in [1.54, 1.807) is 0 Å². The Morgan fingerprint density at radius 2 is 2.00 bits per heavy atom. The van der Waals surface area contributed by atoms with E-state index in [4.69, 9.17) is 0 Å². The summed E-state index contributed by atoms with van der Waals surface area (Å²) < 4.78 is 1.16. The molecule has 1 aromatic carbocycles. The Bertz CT molecular complexity index is 363. The van der Waals surface area contributed by atoms with Crippen LogP contribution in [0.4, 0.5) is 5.69 Å². The second-order valence-corrected chi connectivity index (χ2v) is 5.64. The molecule has 3 heteroatoms. The highest BCUT2D eigenvalue weighted by molar-refractivity contribution is 9.10. The summed E-state index contributed by atoms with van der Waals surface area (Å²) in [7, 11) is 0. The number of hydrogen-bond donors (Lipinski definition) is 1. The van der Waals surface area contributed by atoms with Gasteiger partial charge in [-0.15, -0.1) is 0 Å². The minimum absolute atomic E-state index is 0.718. The minimum atomic E-state index is 0.718. The van der Waals surface area contributed by atoms with E-state index >= 15 is 0 Å². The second-order valence-electron chi connectivity index (χ2n) is 4.73. The molecule has 3 rings (SSSR count). The van der Waals surface area contributed by atoms with Crippen molar-refractivity contribution in [1.82, 2.24) is 5.32 Å². The van der Waals surface area contributed by atoms with E-state index in [9.17, 15) is 0 Å². The molecule has 0 radical (unpaired) electrons. The first kappa shape index (κ1) is 10.6. The third-order valence-electron chi connectivity index (χ3n) is 3.78. The first-order valence-corrected chi connectivity index (χ1v) is 6.89. The SMILES string of the molecule is Brc1ccc(N2CCCC3NCCC32)cc1. The maximum atomic E-state index is 3.62. The molecule has 2 saturated heterocycles. The van der Waals surface area contributed by atoms with Crippen molar-refractivity contribution < 1.29 is 0 Å². The summed E-state index contributed by atoms with van der Waals surface area (Å²) in [6.07, 6.45) is 3.95. The van der Waals surface area contributed by atoms with Crippen molar-refractivity contribution in [3.8, 4) is 0 Å². The second kappa shape index (κ2) is 4.38. The first-order chi connectivity index (χ1) is 7.84. The maximum absolute atomic E-state index is 3.62. The Balaban J connectivity index is 1.85. The molecule has 2 heterocycles. The van der Waals surface area contributed by atoms with Crippen LogP contribution in [0.15, 0.2) is 28.7 Å². The monoisotopic (exact) mass is 280 g/mol. The quantitative estimate of drug-likeness (QED) is 0.851. The third-order valence-corrected chi connectivity index (χ3v) is 4.31. The summed E-state index contributed by atoms with van der Waals surface area (Å²) in [6, 6.07) is 10.2. The highest BCUT2D eigenvalue weighted by atomic mass is 79.9. The van der Waals surface area contributed by atoms with Crippen molar-refractivity contribution in [2.75, 3.05) is 18.0 Å². The lowest BCUT2D eigenvalue weighted by atomic mass is 9.97. The van der Waals surface area contributed by atoms with Gasteiger partial charge in [0.25, 0.3) is 0 Å². The lowest BCUT2D eigenvalue weighted by molar-refractivity contribution is 0.412. The number of fused-ring (bicyclic) bond motifs is 1. The van der Waals surface area contributed by atoms with Crippen molar-refractivity contribution in [2.45, 2.75) is 31.3 Å². The molecule has 1 aromatic rings. The van der Waals surface area contributed by atoms with Crippen LogP contribution in [0.25, 0.3) is 0 Å². The standard InChI is InChI=1S/C13H17BrN2/c14-10-3-5-11(6-4-10)16-9-1-2-12-13(16)7-8-15-12/h3-6,12-13,15H,1-2,7-9H2. The number of anilines is 1. The van der Waals surface area contributed by atoms with Gasteiger partial charge in [-0.05, 0) is 50.1 Å². The molecular weight excluding hydrogens is 264 g/mol. The van der Waals surface area contributed by atoms with Crippen LogP contribution in [0.2, 0.25) is 0 Å². The van der Waals surface area contributed by atoms with E-state index in [1.165, 1.54) is 38.0 Å². The highest BCUT2D eigenvalue weighted by Gasteiger charge is 2.34. The van der Waals surface area contributed by atoms with Crippen molar-refractivity contribution >= 4 is 21.6 Å². The van der Waals surface area contributed by atoms with E-state index in [2.05, 4.69) is 50.4 Å². The van der Waals surface area contributed by atoms with E-state index in [0.717, 1.165) is 16.6 Å². The normalized spacial score (nSPS) is 29.2. The molecule has 0 spiro atoms. The van der Waals surface area contributed by atoms with Gasteiger partial charge in [-0.1, -0.05) is 15.9 Å². The van der Waals surface area contributed by atoms with Gasteiger partial charge in [0.05, 0.1) is 0 Å². The van der Waals surface area contributed by atoms with Crippen LogP contribution in [0.3, 0.4) is 0 Å². The predicted octanol–water partition coefficient (Wildman–Crippen LogP) is 2.78. The number of hydrogen-bond acceptors (Lipinski definition) is 2. The van der Waals surface area contributed by atoms with Crippen molar-refractivity contribution in [1.29, 1.82) is 0 Å². The fraction of sp³-hybridized carbons (Fsp3) is 0.538. The van der Waals surface area contributed by atoms with Gasteiger partial charge in [0.2, 0.25) is 0 Å².